The number of ether oxygens (including phenoxy) is 1. The van der Waals surface area contributed by atoms with Gasteiger partial charge in [-0.1, -0.05) is 31.9 Å². The van der Waals surface area contributed by atoms with Crippen molar-refractivity contribution in [1.82, 2.24) is 0 Å². The zero-order valence-corrected chi connectivity index (χ0v) is 12.9. The number of ketones is 1. The van der Waals surface area contributed by atoms with Crippen LogP contribution in [0.3, 0.4) is 0 Å². The van der Waals surface area contributed by atoms with Crippen molar-refractivity contribution in [3.05, 3.63) is 28.2 Å². The highest BCUT2D eigenvalue weighted by atomic mass is 79.9. The van der Waals surface area contributed by atoms with Gasteiger partial charge in [-0.05, 0) is 31.0 Å². The van der Waals surface area contributed by atoms with Crippen molar-refractivity contribution in [2.24, 2.45) is 0 Å². The summed E-state index contributed by atoms with van der Waals surface area (Å²) in [6.07, 6.45) is -3.21. The second kappa shape index (κ2) is 7.28. The number of alkyl halides is 4. The summed E-state index contributed by atoms with van der Waals surface area (Å²) in [5.41, 5.74) is -0.0462. The van der Waals surface area contributed by atoms with Crippen molar-refractivity contribution >= 4 is 37.6 Å². The summed E-state index contributed by atoms with van der Waals surface area (Å²) in [7, 11) is 0. The second-order valence-electron chi connectivity index (χ2n) is 3.76. The normalized spacial score (nSPS) is 11.4. The summed E-state index contributed by atoms with van der Waals surface area (Å²) in [4.78, 5) is 11.9. The summed E-state index contributed by atoms with van der Waals surface area (Å²) in [5.74, 6) is -0.821. The summed E-state index contributed by atoms with van der Waals surface area (Å²) in [6, 6.07) is 3.99. The minimum atomic E-state index is -4.81. The Morgan fingerprint density at radius 1 is 1.26 bits per heavy atom. The minimum Gasteiger partial charge on any atom is -0.405 e. The lowest BCUT2D eigenvalue weighted by molar-refractivity contribution is -0.274. The lowest BCUT2D eigenvalue weighted by Gasteiger charge is -2.13. The van der Waals surface area contributed by atoms with E-state index in [0.29, 0.717) is 10.9 Å². The van der Waals surface area contributed by atoms with Crippen molar-refractivity contribution in [2.45, 2.75) is 25.6 Å². The number of unbranched alkanes of at least 4 members (excludes halogenated alkanes) is 1. The third kappa shape index (κ3) is 5.95. The average Bonchev–Trinajstić information content (AvgIpc) is 2.27. The van der Waals surface area contributed by atoms with Gasteiger partial charge < -0.3 is 4.74 Å². The molecule has 0 saturated carbocycles. The molecule has 0 radical (unpaired) electrons. The van der Waals surface area contributed by atoms with Gasteiger partial charge >= 0.3 is 6.36 Å². The van der Waals surface area contributed by atoms with Crippen molar-refractivity contribution in [3.8, 4) is 5.75 Å². The highest BCUT2D eigenvalue weighted by Crippen LogP contribution is 2.30. The van der Waals surface area contributed by atoms with Gasteiger partial charge in [0.25, 0.3) is 0 Å². The van der Waals surface area contributed by atoms with Crippen LogP contribution in [0, 0.1) is 0 Å². The zero-order valence-electron chi connectivity index (χ0n) is 9.77. The SMILES string of the molecule is O=C(CCCCBr)c1ccc(Br)cc1OC(F)(F)F. The number of Topliss-reactive ketones (excluding diaryl/α,β-unsaturated/α-hetero) is 1. The molecule has 1 aromatic rings. The number of halogens is 5. The number of carbonyl (C=O) groups is 1. The molecule has 0 aliphatic rings. The van der Waals surface area contributed by atoms with Crippen LogP contribution in [0.15, 0.2) is 22.7 Å². The Morgan fingerprint density at radius 2 is 1.95 bits per heavy atom. The predicted octanol–water partition coefficient (Wildman–Crippen LogP) is 5.10. The molecular weight excluding hydrogens is 393 g/mol. The molecule has 0 saturated heterocycles. The van der Waals surface area contributed by atoms with E-state index in [-0.39, 0.29) is 17.8 Å². The van der Waals surface area contributed by atoms with Crippen molar-refractivity contribution in [3.63, 3.8) is 0 Å². The number of benzene rings is 1. The fraction of sp³-hybridized carbons (Fsp3) is 0.417. The molecule has 0 unspecified atom stereocenters. The lowest BCUT2D eigenvalue weighted by atomic mass is 10.0. The molecule has 106 valence electrons. The van der Waals surface area contributed by atoms with Gasteiger partial charge in [-0.25, -0.2) is 0 Å². The van der Waals surface area contributed by atoms with Gasteiger partial charge in [0.2, 0.25) is 0 Å². The van der Waals surface area contributed by atoms with Gasteiger partial charge in [0.1, 0.15) is 5.75 Å². The maximum atomic E-state index is 12.3. The molecule has 0 aliphatic carbocycles. The van der Waals surface area contributed by atoms with Crippen LogP contribution >= 0.6 is 31.9 Å². The first-order chi connectivity index (χ1) is 8.83. The Kier molecular flexibility index (Phi) is 6.32. The van der Waals surface area contributed by atoms with E-state index in [9.17, 15) is 18.0 Å². The molecule has 0 atom stereocenters. The van der Waals surface area contributed by atoms with Gasteiger partial charge in [0.15, 0.2) is 5.78 Å². The highest BCUT2D eigenvalue weighted by Gasteiger charge is 2.32. The second-order valence-corrected chi connectivity index (χ2v) is 5.47. The van der Waals surface area contributed by atoms with Crippen LogP contribution in [-0.4, -0.2) is 17.5 Å². The third-order valence-corrected chi connectivity index (χ3v) is 3.31. The van der Waals surface area contributed by atoms with E-state index < -0.39 is 12.1 Å². The number of rotatable bonds is 6. The molecule has 0 aliphatic heterocycles. The largest absolute Gasteiger partial charge is 0.573 e. The van der Waals surface area contributed by atoms with Crippen LogP contribution < -0.4 is 4.74 Å². The molecule has 2 nitrogen and oxygen atoms in total. The Labute approximate surface area is 125 Å². The first kappa shape index (κ1) is 16.5. The molecule has 0 heterocycles. The van der Waals surface area contributed by atoms with Crippen LogP contribution in [0.2, 0.25) is 0 Å². The average molecular weight is 404 g/mol. The van der Waals surface area contributed by atoms with Crippen LogP contribution in [0.4, 0.5) is 13.2 Å². The maximum Gasteiger partial charge on any atom is 0.573 e. The van der Waals surface area contributed by atoms with Crippen molar-refractivity contribution in [1.29, 1.82) is 0 Å². The summed E-state index contributed by atoms with van der Waals surface area (Å²) in [5, 5.41) is 0.756. The third-order valence-electron chi connectivity index (χ3n) is 2.26. The molecule has 19 heavy (non-hydrogen) atoms. The van der Waals surface area contributed by atoms with E-state index in [2.05, 4.69) is 36.6 Å². The lowest BCUT2D eigenvalue weighted by Crippen LogP contribution is -2.19. The van der Waals surface area contributed by atoms with Gasteiger partial charge in [-0.2, -0.15) is 0 Å². The highest BCUT2D eigenvalue weighted by molar-refractivity contribution is 9.10. The fourth-order valence-corrected chi connectivity index (χ4v) is 2.19. The van der Waals surface area contributed by atoms with Gasteiger partial charge in [0, 0.05) is 16.2 Å². The Balaban J connectivity index is 2.90. The number of hydrogen-bond acceptors (Lipinski definition) is 2. The van der Waals surface area contributed by atoms with Crippen LogP contribution in [-0.2, 0) is 0 Å². The summed E-state index contributed by atoms with van der Waals surface area (Å²) >= 11 is 6.28. The van der Waals surface area contributed by atoms with Gasteiger partial charge in [-0.3, -0.25) is 4.79 Å². The summed E-state index contributed by atoms with van der Waals surface area (Å²) in [6.45, 7) is 0. The van der Waals surface area contributed by atoms with E-state index in [4.69, 9.17) is 0 Å². The van der Waals surface area contributed by atoms with E-state index in [1.807, 2.05) is 0 Å². The minimum absolute atomic E-state index is 0.0462. The van der Waals surface area contributed by atoms with E-state index in [0.717, 1.165) is 17.8 Å². The molecule has 0 aromatic heterocycles. The smallest absolute Gasteiger partial charge is 0.405 e. The Morgan fingerprint density at radius 3 is 2.53 bits per heavy atom. The van der Waals surface area contributed by atoms with Crippen LogP contribution in [0.25, 0.3) is 0 Å². The molecule has 1 rings (SSSR count). The monoisotopic (exact) mass is 402 g/mol. The van der Waals surface area contributed by atoms with Crippen molar-refractivity contribution < 1.29 is 22.7 Å². The molecule has 0 spiro atoms. The van der Waals surface area contributed by atoms with Crippen LogP contribution in [0.1, 0.15) is 29.6 Å². The van der Waals surface area contributed by atoms with E-state index in [1.165, 1.54) is 12.1 Å². The van der Waals surface area contributed by atoms with E-state index in [1.54, 1.807) is 0 Å². The number of hydrogen-bond donors (Lipinski definition) is 0. The predicted molar refractivity (Wildman–Crippen MR) is 72.8 cm³/mol. The quantitative estimate of drug-likeness (QED) is 0.375. The fourth-order valence-electron chi connectivity index (χ4n) is 1.45. The molecule has 0 amide bonds. The Hall–Kier alpha value is -0.560. The Bertz CT molecular complexity index is 447. The maximum absolute atomic E-state index is 12.3. The van der Waals surface area contributed by atoms with Gasteiger partial charge in [-0.15, -0.1) is 13.2 Å². The molecular formula is C12H11Br2F3O2. The first-order valence-corrected chi connectivity index (χ1v) is 7.39. The molecule has 0 bridgehead atoms. The number of carbonyl (C=O) groups excluding carboxylic acids is 1. The van der Waals surface area contributed by atoms with Gasteiger partial charge in [0.05, 0.1) is 5.56 Å². The van der Waals surface area contributed by atoms with Crippen LogP contribution in [0.5, 0.6) is 5.75 Å². The summed E-state index contributed by atoms with van der Waals surface area (Å²) < 4.78 is 41.1. The zero-order chi connectivity index (χ0) is 14.5. The molecule has 0 N–H and O–H groups in total. The molecule has 1 aromatic carbocycles. The molecule has 7 heteroatoms. The molecule has 0 fully saturated rings. The standard InChI is InChI=1S/C12H11Br2F3O2/c13-6-2-1-3-10(18)9-5-4-8(14)7-11(9)19-12(15,16)17/h4-5,7H,1-3,6H2. The topological polar surface area (TPSA) is 26.3 Å². The van der Waals surface area contributed by atoms with E-state index >= 15 is 0 Å². The first-order valence-electron chi connectivity index (χ1n) is 5.48. The van der Waals surface area contributed by atoms with Crippen molar-refractivity contribution in [2.75, 3.05) is 5.33 Å².